The van der Waals surface area contributed by atoms with E-state index in [0.29, 0.717) is 11.6 Å². The molecule has 2 heterocycles. The van der Waals surface area contributed by atoms with E-state index in [1.165, 1.54) is 5.56 Å². The molecule has 0 saturated carbocycles. The van der Waals surface area contributed by atoms with Crippen LogP contribution in [0.5, 0.6) is 5.75 Å². The Kier molecular flexibility index (Phi) is 2.85. The predicted octanol–water partition coefficient (Wildman–Crippen LogP) is 2.61. The molecule has 4 heteroatoms. The quantitative estimate of drug-likeness (QED) is 0.896. The van der Waals surface area contributed by atoms with Gasteiger partial charge in [-0.25, -0.2) is 9.97 Å². The van der Waals surface area contributed by atoms with Gasteiger partial charge >= 0.3 is 0 Å². The van der Waals surface area contributed by atoms with Crippen molar-refractivity contribution in [1.29, 1.82) is 0 Å². The van der Waals surface area contributed by atoms with Gasteiger partial charge in [0, 0.05) is 17.7 Å². The fourth-order valence-electron chi connectivity index (χ4n) is 2.42. The Morgan fingerprint density at radius 3 is 2.84 bits per heavy atom. The first kappa shape index (κ1) is 12.0. The van der Waals surface area contributed by atoms with Crippen molar-refractivity contribution in [2.24, 2.45) is 0 Å². The summed E-state index contributed by atoms with van der Waals surface area (Å²) in [5.41, 5.74) is 9.14. The summed E-state index contributed by atoms with van der Waals surface area (Å²) in [7, 11) is 0. The van der Waals surface area contributed by atoms with Gasteiger partial charge in [-0.1, -0.05) is 25.1 Å². The Hall–Kier alpha value is -2.10. The number of benzene rings is 1. The number of nitrogens with zero attached hydrogens (tertiary/aromatic N) is 2. The average Bonchev–Trinajstić information content (AvgIpc) is 2.85. The summed E-state index contributed by atoms with van der Waals surface area (Å²) in [6, 6.07) is 8.05. The van der Waals surface area contributed by atoms with E-state index in [9.17, 15) is 0 Å². The number of ether oxygens (including phenoxy) is 1. The summed E-state index contributed by atoms with van der Waals surface area (Å²) in [5.74, 6) is 2.17. The maximum atomic E-state index is 5.96. The summed E-state index contributed by atoms with van der Waals surface area (Å²) < 4.78 is 5.91. The Balaban J connectivity index is 1.95. The van der Waals surface area contributed by atoms with Crippen LogP contribution < -0.4 is 10.5 Å². The van der Waals surface area contributed by atoms with Gasteiger partial charge in [-0.3, -0.25) is 0 Å². The molecule has 2 N–H and O–H groups in total. The maximum Gasteiger partial charge on any atom is 0.172 e. The van der Waals surface area contributed by atoms with Crippen molar-refractivity contribution in [3.8, 4) is 5.75 Å². The predicted molar refractivity (Wildman–Crippen MR) is 74.1 cm³/mol. The molecule has 0 fully saturated rings. The van der Waals surface area contributed by atoms with Gasteiger partial charge in [-0.15, -0.1) is 0 Å². The van der Waals surface area contributed by atoms with Gasteiger partial charge in [-0.05, 0) is 25.0 Å². The number of anilines is 1. The number of nitrogens with two attached hydrogens (primary N) is 1. The average molecular weight is 255 g/mol. The number of hydrogen-bond donors (Lipinski definition) is 1. The molecule has 4 nitrogen and oxygen atoms in total. The molecule has 19 heavy (non-hydrogen) atoms. The van der Waals surface area contributed by atoms with E-state index in [-0.39, 0.29) is 6.10 Å². The minimum atomic E-state index is -0.120. The number of rotatable bonds is 2. The summed E-state index contributed by atoms with van der Waals surface area (Å²) in [4.78, 5) is 8.99. The first-order chi connectivity index (χ1) is 9.19. The Morgan fingerprint density at radius 1 is 1.32 bits per heavy atom. The second kappa shape index (κ2) is 4.53. The molecule has 3 rings (SSSR count). The van der Waals surface area contributed by atoms with Crippen LogP contribution >= 0.6 is 0 Å². The Morgan fingerprint density at radius 2 is 2.11 bits per heavy atom. The van der Waals surface area contributed by atoms with Crippen LogP contribution in [0.25, 0.3) is 0 Å². The first-order valence-corrected chi connectivity index (χ1v) is 6.56. The third-order valence-electron chi connectivity index (χ3n) is 3.57. The molecule has 0 bridgehead atoms. The lowest BCUT2D eigenvalue weighted by molar-refractivity contribution is 0.227. The van der Waals surface area contributed by atoms with Crippen LogP contribution in [0.15, 0.2) is 24.3 Å². The van der Waals surface area contributed by atoms with Crippen LogP contribution in [0, 0.1) is 6.92 Å². The lowest BCUT2D eigenvalue weighted by atomic mass is 10.1. The minimum absolute atomic E-state index is 0.120. The molecule has 98 valence electrons. The van der Waals surface area contributed by atoms with Crippen molar-refractivity contribution in [2.75, 3.05) is 5.73 Å². The zero-order valence-corrected chi connectivity index (χ0v) is 11.2. The van der Waals surface area contributed by atoms with Gasteiger partial charge in [0.25, 0.3) is 0 Å². The highest BCUT2D eigenvalue weighted by atomic mass is 16.5. The van der Waals surface area contributed by atoms with Gasteiger partial charge < -0.3 is 10.5 Å². The molecule has 1 aromatic carbocycles. The largest absolute Gasteiger partial charge is 0.482 e. The maximum absolute atomic E-state index is 5.96. The Labute approximate surface area is 112 Å². The molecular formula is C15H17N3O. The number of para-hydroxylation sites is 1. The van der Waals surface area contributed by atoms with E-state index in [1.807, 2.05) is 25.1 Å². The molecule has 1 aromatic heterocycles. The van der Waals surface area contributed by atoms with E-state index in [4.69, 9.17) is 10.5 Å². The van der Waals surface area contributed by atoms with Crippen LogP contribution in [-0.4, -0.2) is 9.97 Å². The highest BCUT2D eigenvalue weighted by Crippen LogP contribution is 2.35. The van der Waals surface area contributed by atoms with Gasteiger partial charge in [0.1, 0.15) is 11.6 Å². The molecule has 1 atom stereocenters. The van der Waals surface area contributed by atoms with Gasteiger partial charge in [-0.2, -0.15) is 0 Å². The summed E-state index contributed by atoms with van der Waals surface area (Å²) in [5, 5.41) is 0. The van der Waals surface area contributed by atoms with Crippen molar-refractivity contribution in [3.63, 3.8) is 0 Å². The van der Waals surface area contributed by atoms with E-state index in [2.05, 4.69) is 23.0 Å². The number of nitrogen functional groups attached to an aromatic ring is 1. The summed E-state index contributed by atoms with van der Waals surface area (Å²) in [6.45, 7) is 4.03. The topological polar surface area (TPSA) is 61.0 Å². The summed E-state index contributed by atoms with van der Waals surface area (Å²) >= 11 is 0. The van der Waals surface area contributed by atoms with Crippen LogP contribution in [0.4, 0.5) is 5.82 Å². The number of aryl methyl sites for hydroxylation is 1. The van der Waals surface area contributed by atoms with Crippen LogP contribution in [0.3, 0.4) is 0 Å². The molecule has 1 unspecified atom stereocenters. The number of fused-ring (bicyclic) bond motifs is 1. The lowest BCUT2D eigenvalue weighted by Gasteiger charge is -2.13. The van der Waals surface area contributed by atoms with Crippen LogP contribution in [0.1, 0.15) is 35.7 Å². The summed E-state index contributed by atoms with van der Waals surface area (Å²) in [6.07, 6.45) is 1.54. The second-order valence-electron chi connectivity index (χ2n) is 4.81. The van der Waals surface area contributed by atoms with E-state index in [0.717, 1.165) is 29.8 Å². The second-order valence-corrected chi connectivity index (χ2v) is 4.81. The lowest BCUT2D eigenvalue weighted by Crippen LogP contribution is -2.13. The van der Waals surface area contributed by atoms with Gasteiger partial charge in [0.05, 0.1) is 0 Å². The molecule has 0 saturated heterocycles. The highest BCUT2D eigenvalue weighted by Gasteiger charge is 2.27. The standard InChI is InChI=1S/C15H17N3O/c1-3-11-9(2)14(16)18-15(17-11)13-8-10-6-4-5-7-12(10)19-13/h4-7,13H,3,8H2,1-2H3,(H2,16,17,18). The smallest absolute Gasteiger partial charge is 0.172 e. The molecule has 0 spiro atoms. The number of aromatic nitrogens is 2. The molecule has 1 aliphatic rings. The van der Waals surface area contributed by atoms with Crippen molar-refractivity contribution in [2.45, 2.75) is 32.8 Å². The third kappa shape index (κ3) is 2.03. The third-order valence-corrected chi connectivity index (χ3v) is 3.57. The van der Waals surface area contributed by atoms with E-state index >= 15 is 0 Å². The van der Waals surface area contributed by atoms with Crippen molar-refractivity contribution >= 4 is 5.82 Å². The van der Waals surface area contributed by atoms with Crippen LogP contribution in [-0.2, 0) is 12.8 Å². The zero-order chi connectivity index (χ0) is 13.4. The molecule has 0 amide bonds. The normalized spacial score (nSPS) is 17.1. The van der Waals surface area contributed by atoms with E-state index in [1.54, 1.807) is 0 Å². The van der Waals surface area contributed by atoms with Crippen molar-refractivity contribution in [1.82, 2.24) is 9.97 Å². The number of hydrogen-bond acceptors (Lipinski definition) is 4. The minimum Gasteiger partial charge on any atom is -0.482 e. The SMILES string of the molecule is CCc1nc(C2Cc3ccccc3O2)nc(N)c1C. The van der Waals surface area contributed by atoms with Gasteiger partial charge in [0.15, 0.2) is 11.9 Å². The molecular weight excluding hydrogens is 238 g/mol. The van der Waals surface area contributed by atoms with Crippen molar-refractivity contribution < 1.29 is 4.74 Å². The van der Waals surface area contributed by atoms with Crippen molar-refractivity contribution in [3.05, 3.63) is 46.9 Å². The van der Waals surface area contributed by atoms with E-state index < -0.39 is 0 Å². The molecule has 1 aliphatic heterocycles. The Bertz CT molecular complexity index is 600. The zero-order valence-electron chi connectivity index (χ0n) is 11.2. The highest BCUT2D eigenvalue weighted by molar-refractivity contribution is 5.43. The first-order valence-electron chi connectivity index (χ1n) is 6.56. The monoisotopic (exact) mass is 255 g/mol. The molecule has 0 aliphatic carbocycles. The fourth-order valence-corrected chi connectivity index (χ4v) is 2.42. The van der Waals surface area contributed by atoms with Crippen LogP contribution in [0.2, 0.25) is 0 Å². The fraction of sp³-hybridized carbons (Fsp3) is 0.333. The van der Waals surface area contributed by atoms with Gasteiger partial charge in [0.2, 0.25) is 0 Å². The molecule has 2 aromatic rings. The molecule has 0 radical (unpaired) electrons.